The molecule has 0 N–H and O–H groups in total. The lowest BCUT2D eigenvalue weighted by molar-refractivity contribution is 0.0995. The Morgan fingerprint density at radius 2 is 2.04 bits per heavy atom. The zero-order valence-electron chi connectivity index (χ0n) is 14.6. The van der Waals surface area contributed by atoms with Crippen LogP contribution in [-0.2, 0) is 6.54 Å². The lowest BCUT2D eigenvalue weighted by atomic mass is 10.2. The number of hydrogen-bond donors (Lipinski definition) is 0. The molecule has 136 valence electrons. The van der Waals surface area contributed by atoms with E-state index < -0.39 is 0 Å². The molecule has 0 aliphatic carbocycles. The monoisotopic (exact) mass is 396 g/mol. The van der Waals surface area contributed by atoms with Gasteiger partial charge in [0.25, 0.3) is 5.91 Å². The smallest absolute Gasteiger partial charge is 0.280 e. The van der Waals surface area contributed by atoms with E-state index in [-0.39, 0.29) is 5.91 Å². The van der Waals surface area contributed by atoms with Gasteiger partial charge < -0.3 is 14.0 Å². The Morgan fingerprint density at radius 3 is 2.78 bits per heavy atom. The van der Waals surface area contributed by atoms with Crippen LogP contribution in [0.4, 0.5) is 0 Å². The highest BCUT2D eigenvalue weighted by atomic mass is 32.2. The molecular formula is C20H16N2O3S2. The zero-order valence-corrected chi connectivity index (χ0v) is 16.2. The standard InChI is InChI=1S/C20H16N2O3S2/c1-3-8-22-14-11-15-16(25-10-9-24-15)12-18(14)27-20(22)21-19(23)13-6-4-5-7-17(13)26-2/h1,4-7,11-12H,8-10H2,2H3. The molecule has 0 atom stereocenters. The summed E-state index contributed by atoms with van der Waals surface area (Å²) >= 11 is 2.93. The van der Waals surface area contributed by atoms with E-state index in [1.165, 1.54) is 23.1 Å². The Hall–Kier alpha value is -2.69. The van der Waals surface area contributed by atoms with E-state index in [0.29, 0.717) is 41.6 Å². The van der Waals surface area contributed by atoms with Crippen molar-refractivity contribution in [2.75, 3.05) is 19.5 Å². The van der Waals surface area contributed by atoms with Gasteiger partial charge in [-0.2, -0.15) is 4.99 Å². The molecule has 2 aromatic carbocycles. The molecule has 1 amide bonds. The molecule has 1 aromatic heterocycles. The van der Waals surface area contributed by atoms with Gasteiger partial charge in [0.2, 0.25) is 0 Å². The molecule has 27 heavy (non-hydrogen) atoms. The van der Waals surface area contributed by atoms with Gasteiger partial charge in [0.15, 0.2) is 16.3 Å². The number of carbonyl (C=O) groups is 1. The average Bonchev–Trinajstić information content (AvgIpc) is 3.02. The van der Waals surface area contributed by atoms with Gasteiger partial charge >= 0.3 is 0 Å². The number of thioether (sulfide) groups is 1. The molecule has 0 saturated heterocycles. The summed E-state index contributed by atoms with van der Waals surface area (Å²) in [6.45, 7) is 1.35. The number of rotatable bonds is 3. The number of carbonyl (C=O) groups excluding carboxylic acids is 1. The van der Waals surface area contributed by atoms with Crippen LogP contribution in [0.5, 0.6) is 11.5 Å². The fourth-order valence-electron chi connectivity index (χ4n) is 2.90. The van der Waals surface area contributed by atoms with Gasteiger partial charge in [-0.15, -0.1) is 18.2 Å². The van der Waals surface area contributed by atoms with Crippen molar-refractivity contribution in [3.05, 3.63) is 46.8 Å². The van der Waals surface area contributed by atoms with Crippen molar-refractivity contribution in [2.24, 2.45) is 4.99 Å². The van der Waals surface area contributed by atoms with Gasteiger partial charge in [0, 0.05) is 17.0 Å². The second-order valence-corrected chi connectivity index (χ2v) is 7.61. The number of terminal acetylenes is 1. The van der Waals surface area contributed by atoms with E-state index in [4.69, 9.17) is 15.9 Å². The number of aromatic nitrogens is 1. The highest BCUT2D eigenvalue weighted by molar-refractivity contribution is 7.98. The van der Waals surface area contributed by atoms with Gasteiger partial charge in [-0.25, -0.2) is 0 Å². The molecule has 0 bridgehead atoms. The summed E-state index contributed by atoms with van der Waals surface area (Å²) in [5, 5.41) is 0. The summed E-state index contributed by atoms with van der Waals surface area (Å²) in [7, 11) is 0. The van der Waals surface area contributed by atoms with Crippen LogP contribution in [0.15, 0.2) is 46.3 Å². The molecule has 0 unspecified atom stereocenters. The first-order chi connectivity index (χ1) is 13.2. The van der Waals surface area contributed by atoms with Gasteiger partial charge in [-0.3, -0.25) is 4.79 Å². The quantitative estimate of drug-likeness (QED) is 0.502. The normalized spacial score (nSPS) is 13.6. The number of hydrogen-bond acceptors (Lipinski definition) is 5. The van der Waals surface area contributed by atoms with Crippen molar-refractivity contribution in [3.8, 4) is 23.8 Å². The Bertz CT molecular complexity index is 1140. The van der Waals surface area contributed by atoms with Crippen LogP contribution < -0.4 is 14.3 Å². The van der Waals surface area contributed by atoms with Crippen LogP contribution in [0.1, 0.15) is 10.4 Å². The van der Waals surface area contributed by atoms with Gasteiger partial charge in [-0.05, 0) is 18.4 Å². The van der Waals surface area contributed by atoms with Crippen LogP contribution in [0.25, 0.3) is 10.2 Å². The van der Waals surface area contributed by atoms with Crippen molar-refractivity contribution < 1.29 is 14.3 Å². The summed E-state index contributed by atoms with van der Waals surface area (Å²) in [4.78, 5) is 18.6. The highest BCUT2D eigenvalue weighted by Crippen LogP contribution is 2.35. The summed E-state index contributed by atoms with van der Waals surface area (Å²) in [6.07, 6.45) is 7.49. The van der Waals surface area contributed by atoms with Gasteiger partial charge in [0.1, 0.15) is 13.2 Å². The minimum atomic E-state index is -0.283. The fourth-order valence-corrected chi connectivity index (χ4v) is 4.53. The Labute approximate surface area is 164 Å². The maximum atomic E-state index is 12.8. The second kappa shape index (κ2) is 7.51. The summed E-state index contributed by atoms with van der Waals surface area (Å²) in [5.74, 6) is 3.74. The molecule has 7 heteroatoms. The number of nitrogens with zero attached hydrogens (tertiary/aromatic N) is 2. The number of thiazole rings is 1. The molecule has 4 rings (SSSR count). The molecule has 3 aromatic rings. The summed E-state index contributed by atoms with van der Waals surface area (Å²) < 4.78 is 14.1. The van der Waals surface area contributed by atoms with E-state index >= 15 is 0 Å². The van der Waals surface area contributed by atoms with Crippen molar-refractivity contribution in [2.45, 2.75) is 11.4 Å². The SMILES string of the molecule is C#CCn1c(=NC(=O)c2ccccc2SC)sc2cc3c(cc21)OCCO3. The zero-order chi connectivity index (χ0) is 18.8. The maximum Gasteiger partial charge on any atom is 0.280 e. The highest BCUT2D eigenvalue weighted by Gasteiger charge is 2.17. The van der Waals surface area contributed by atoms with E-state index in [2.05, 4.69) is 10.9 Å². The number of ether oxygens (including phenoxy) is 2. The lowest BCUT2D eigenvalue weighted by Crippen LogP contribution is -2.17. The molecule has 1 aliphatic heterocycles. The van der Waals surface area contributed by atoms with Gasteiger partial charge in [0.05, 0.1) is 22.3 Å². The summed E-state index contributed by atoms with van der Waals surface area (Å²) in [5.41, 5.74) is 1.47. The third-order valence-corrected chi connectivity index (χ3v) is 5.97. The average molecular weight is 396 g/mol. The topological polar surface area (TPSA) is 52.8 Å². The van der Waals surface area contributed by atoms with Crippen LogP contribution in [0, 0.1) is 12.3 Å². The molecule has 0 fully saturated rings. The number of amides is 1. The number of fused-ring (bicyclic) bond motifs is 2. The Balaban J connectivity index is 1.87. The van der Waals surface area contributed by atoms with E-state index in [1.807, 2.05) is 41.2 Å². The van der Waals surface area contributed by atoms with Crippen LogP contribution in [0.2, 0.25) is 0 Å². The first-order valence-corrected chi connectivity index (χ1v) is 10.3. The third-order valence-electron chi connectivity index (χ3n) is 4.13. The van der Waals surface area contributed by atoms with Crippen molar-refractivity contribution in [3.63, 3.8) is 0 Å². The maximum absolute atomic E-state index is 12.8. The first-order valence-electron chi connectivity index (χ1n) is 8.30. The van der Waals surface area contributed by atoms with E-state index in [0.717, 1.165) is 15.1 Å². The molecule has 0 radical (unpaired) electrons. The molecule has 5 nitrogen and oxygen atoms in total. The molecular weight excluding hydrogens is 380 g/mol. The van der Waals surface area contributed by atoms with Crippen LogP contribution in [0.3, 0.4) is 0 Å². The Morgan fingerprint density at radius 1 is 1.30 bits per heavy atom. The van der Waals surface area contributed by atoms with Crippen LogP contribution in [-0.4, -0.2) is 29.9 Å². The Kier molecular flexibility index (Phi) is 4.92. The number of benzene rings is 2. The van der Waals surface area contributed by atoms with Crippen molar-refractivity contribution >= 4 is 39.2 Å². The lowest BCUT2D eigenvalue weighted by Gasteiger charge is -2.18. The fraction of sp³-hybridized carbons (Fsp3) is 0.200. The van der Waals surface area contributed by atoms with Gasteiger partial charge in [-0.1, -0.05) is 29.4 Å². The largest absolute Gasteiger partial charge is 0.486 e. The minimum Gasteiger partial charge on any atom is -0.486 e. The minimum absolute atomic E-state index is 0.283. The third kappa shape index (κ3) is 3.34. The van der Waals surface area contributed by atoms with Crippen molar-refractivity contribution in [1.29, 1.82) is 0 Å². The predicted octanol–water partition coefficient (Wildman–Crippen LogP) is 3.57. The molecule has 2 heterocycles. The molecule has 0 spiro atoms. The molecule has 1 aliphatic rings. The van der Waals surface area contributed by atoms with Crippen molar-refractivity contribution in [1.82, 2.24) is 4.57 Å². The summed E-state index contributed by atoms with van der Waals surface area (Å²) in [6, 6.07) is 11.3. The first kappa shape index (κ1) is 17.7. The second-order valence-electron chi connectivity index (χ2n) is 5.76. The van der Waals surface area contributed by atoms with E-state index in [9.17, 15) is 4.79 Å². The predicted molar refractivity (Wildman–Crippen MR) is 108 cm³/mol. The molecule has 0 saturated carbocycles. The van der Waals surface area contributed by atoms with Crippen LogP contribution >= 0.6 is 23.1 Å². The van der Waals surface area contributed by atoms with E-state index in [1.54, 1.807) is 6.07 Å².